The fourth-order valence-electron chi connectivity index (χ4n) is 1.10. The first-order valence-corrected chi connectivity index (χ1v) is 4.72. The zero-order chi connectivity index (χ0) is 12.5. The number of halogens is 1. The van der Waals surface area contributed by atoms with Crippen LogP contribution in [0.3, 0.4) is 0 Å². The van der Waals surface area contributed by atoms with E-state index < -0.39 is 15.4 Å². The van der Waals surface area contributed by atoms with E-state index in [2.05, 4.69) is 0 Å². The van der Waals surface area contributed by atoms with E-state index in [0.717, 1.165) is 6.07 Å². The van der Waals surface area contributed by atoms with Crippen molar-refractivity contribution in [1.29, 1.82) is 0 Å². The number of carbonyl (C=O) groups is 1. The minimum absolute atomic E-state index is 0.0448. The molecular formula is C9H11ClN3O3+. The third-order valence-corrected chi connectivity index (χ3v) is 2.24. The van der Waals surface area contributed by atoms with Crippen molar-refractivity contribution in [3.63, 3.8) is 0 Å². The van der Waals surface area contributed by atoms with Crippen LogP contribution in [-0.4, -0.2) is 29.5 Å². The van der Waals surface area contributed by atoms with Crippen molar-refractivity contribution < 1.29 is 14.3 Å². The van der Waals surface area contributed by atoms with Gasteiger partial charge in [-0.1, -0.05) is 11.6 Å². The van der Waals surface area contributed by atoms with Crippen LogP contribution in [0.25, 0.3) is 0 Å². The lowest BCUT2D eigenvalue weighted by Gasteiger charge is -2.19. The molecule has 0 spiro atoms. The molecule has 0 atom stereocenters. The second-order valence-corrected chi connectivity index (χ2v) is 4.17. The number of nitro groups is 1. The van der Waals surface area contributed by atoms with Crippen LogP contribution in [0.5, 0.6) is 0 Å². The van der Waals surface area contributed by atoms with Crippen LogP contribution in [0.4, 0.5) is 5.69 Å². The first-order valence-electron chi connectivity index (χ1n) is 4.35. The zero-order valence-electron chi connectivity index (χ0n) is 8.81. The van der Waals surface area contributed by atoms with E-state index in [-0.39, 0.29) is 16.3 Å². The van der Waals surface area contributed by atoms with E-state index in [1.807, 2.05) is 0 Å². The first-order chi connectivity index (χ1) is 7.23. The van der Waals surface area contributed by atoms with Gasteiger partial charge in [0.1, 0.15) is 5.56 Å². The summed E-state index contributed by atoms with van der Waals surface area (Å²) in [5.74, 6) is 5.07. The SMILES string of the molecule is C[N+](C)(N)C(=O)c1cc([N+](=O)[O-])ccc1Cl. The van der Waals surface area contributed by atoms with Gasteiger partial charge >= 0.3 is 5.91 Å². The van der Waals surface area contributed by atoms with Crippen LogP contribution in [0.2, 0.25) is 5.02 Å². The van der Waals surface area contributed by atoms with Gasteiger partial charge < -0.3 is 0 Å². The fourth-order valence-corrected chi connectivity index (χ4v) is 1.30. The lowest BCUT2D eigenvalue weighted by Crippen LogP contribution is -2.51. The van der Waals surface area contributed by atoms with E-state index in [1.54, 1.807) is 0 Å². The van der Waals surface area contributed by atoms with Crippen molar-refractivity contribution in [2.24, 2.45) is 5.84 Å². The molecule has 1 aromatic carbocycles. The molecule has 86 valence electrons. The summed E-state index contributed by atoms with van der Waals surface area (Å²) in [5.41, 5.74) is -0.149. The number of benzene rings is 1. The number of hydrogen-bond acceptors (Lipinski definition) is 4. The van der Waals surface area contributed by atoms with Crippen LogP contribution in [0.15, 0.2) is 18.2 Å². The number of nitro benzene ring substituents is 1. The summed E-state index contributed by atoms with van der Waals surface area (Å²) < 4.78 is -0.471. The molecule has 0 saturated carbocycles. The lowest BCUT2D eigenvalue weighted by molar-refractivity contribution is -0.819. The predicted molar refractivity (Wildman–Crippen MR) is 58.7 cm³/mol. The molecule has 16 heavy (non-hydrogen) atoms. The smallest absolute Gasteiger partial charge is 0.258 e. The number of carbonyl (C=O) groups excluding carboxylic acids is 1. The minimum atomic E-state index is -0.594. The number of quaternary nitrogens is 1. The summed E-state index contributed by atoms with van der Waals surface area (Å²) in [7, 11) is 2.91. The molecule has 0 aromatic heterocycles. The van der Waals surface area contributed by atoms with Gasteiger partial charge in [-0.05, 0) is 6.07 Å². The van der Waals surface area contributed by atoms with E-state index in [9.17, 15) is 14.9 Å². The summed E-state index contributed by atoms with van der Waals surface area (Å²) in [6, 6.07) is 3.66. The first kappa shape index (κ1) is 12.6. The highest BCUT2D eigenvalue weighted by Gasteiger charge is 2.28. The van der Waals surface area contributed by atoms with Gasteiger partial charge in [-0.2, -0.15) is 10.4 Å². The largest absolute Gasteiger partial charge is 0.366 e. The van der Waals surface area contributed by atoms with Gasteiger partial charge in [0, 0.05) is 12.1 Å². The molecule has 0 radical (unpaired) electrons. The molecule has 7 heteroatoms. The monoisotopic (exact) mass is 244 g/mol. The van der Waals surface area contributed by atoms with E-state index in [0.29, 0.717) is 0 Å². The number of nitrogens with two attached hydrogens (primary N) is 1. The third kappa shape index (κ3) is 2.54. The highest BCUT2D eigenvalue weighted by molar-refractivity contribution is 6.33. The molecule has 0 fully saturated rings. The molecular weight excluding hydrogens is 234 g/mol. The van der Waals surface area contributed by atoms with Gasteiger partial charge in [0.05, 0.1) is 24.0 Å². The molecule has 1 rings (SSSR count). The summed E-state index contributed by atoms with van der Waals surface area (Å²) in [6.07, 6.45) is 0. The molecule has 0 unspecified atom stereocenters. The van der Waals surface area contributed by atoms with Crippen molar-refractivity contribution in [1.82, 2.24) is 0 Å². The second-order valence-electron chi connectivity index (χ2n) is 3.77. The molecule has 0 heterocycles. The van der Waals surface area contributed by atoms with Crippen LogP contribution in [0.1, 0.15) is 10.4 Å². The van der Waals surface area contributed by atoms with Crippen molar-refractivity contribution >= 4 is 23.2 Å². The molecule has 0 aliphatic carbocycles. The number of rotatable bonds is 2. The van der Waals surface area contributed by atoms with Gasteiger partial charge in [-0.3, -0.25) is 10.1 Å². The summed E-state index contributed by atoms with van der Waals surface area (Å²) >= 11 is 5.79. The Balaban J connectivity index is 3.28. The molecule has 0 aliphatic heterocycles. The van der Waals surface area contributed by atoms with Gasteiger partial charge in [0.15, 0.2) is 0 Å². The Kier molecular flexibility index (Phi) is 3.27. The molecule has 0 aliphatic rings. The van der Waals surface area contributed by atoms with Crippen LogP contribution >= 0.6 is 11.6 Å². The quantitative estimate of drug-likeness (QED) is 0.280. The maximum absolute atomic E-state index is 11.8. The van der Waals surface area contributed by atoms with Gasteiger partial charge in [-0.15, -0.1) is 0 Å². The molecule has 2 N–H and O–H groups in total. The zero-order valence-corrected chi connectivity index (χ0v) is 9.56. The number of nitrogens with zero attached hydrogens (tertiary/aromatic N) is 2. The molecule has 0 bridgehead atoms. The van der Waals surface area contributed by atoms with Crippen LogP contribution in [-0.2, 0) is 0 Å². The maximum atomic E-state index is 11.8. The topological polar surface area (TPSA) is 86.2 Å². The predicted octanol–water partition coefficient (Wildman–Crippen LogP) is 1.34. The van der Waals surface area contributed by atoms with E-state index in [4.69, 9.17) is 17.4 Å². The normalized spacial score (nSPS) is 11.2. The average molecular weight is 245 g/mol. The van der Waals surface area contributed by atoms with Crippen molar-refractivity contribution in [3.8, 4) is 0 Å². The highest BCUT2D eigenvalue weighted by atomic mass is 35.5. The third-order valence-electron chi connectivity index (χ3n) is 1.91. The molecule has 1 aromatic rings. The van der Waals surface area contributed by atoms with E-state index in [1.165, 1.54) is 26.2 Å². The van der Waals surface area contributed by atoms with E-state index >= 15 is 0 Å². The van der Waals surface area contributed by atoms with Crippen LogP contribution in [0, 0.1) is 10.1 Å². The Bertz CT molecular complexity index is 454. The Morgan fingerprint density at radius 3 is 2.50 bits per heavy atom. The number of amides is 1. The fraction of sp³-hybridized carbons (Fsp3) is 0.222. The van der Waals surface area contributed by atoms with Crippen molar-refractivity contribution in [3.05, 3.63) is 38.9 Å². The highest BCUT2D eigenvalue weighted by Crippen LogP contribution is 2.23. The second kappa shape index (κ2) is 4.17. The van der Waals surface area contributed by atoms with Gasteiger partial charge in [0.2, 0.25) is 0 Å². The Morgan fingerprint density at radius 1 is 1.50 bits per heavy atom. The molecule has 1 amide bonds. The maximum Gasteiger partial charge on any atom is 0.366 e. The Labute approximate surface area is 96.9 Å². The minimum Gasteiger partial charge on any atom is -0.258 e. The average Bonchev–Trinajstić information content (AvgIpc) is 2.15. The summed E-state index contributed by atoms with van der Waals surface area (Å²) in [6.45, 7) is 0. The van der Waals surface area contributed by atoms with Crippen molar-refractivity contribution in [2.45, 2.75) is 0 Å². The summed E-state index contributed by atoms with van der Waals surface area (Å²) in [5, 5.41) is 10.7. The molecule has 6 nitrogen and oxygen atoms in total. The van der Waals surface area contributed by atoms with Gasteiger partial charge in [-0.25, -0.2) is 4.79 Å². The summed E-state index contributed by atoms with van der Waals surface area (Å²) in [4.78, 5) is 21.8. The number of hydrogen-bond donors (Lipinski definition) is 1. The van der Waals surface area contributed by atoms with Crippen LogP contribution < -0.4 is 5.84 Å². The molecule has 0 saturated heterocycles. The Hall–Kier alpha value is -1.50. The number of non-ortho nitro benzene ring substituents is 1. The Morgan fingerprint density at radius 2 is 2.06 bits per heavy atom. The standard InChI is InChI=1S/C9H11ClN3O3/c1-13(2,11)9(14)7-5-6(12(15)16)3-4-8(7)10/h3-5H,11H2,1-2H3/q+1. The van der Waals surface area contributed by atoms with Crippen molar-refractivity contribution in [2.75, 3.05) is 14.1 Å². The lowest BCUT2D eigenvalue weighted by atomic mass is 10.2. The van der Waals surface area contributed by atoms with Gasteiger partial charge in [0.25, 0.3) is 5.69 Å².